The Morgan fingerprint density at radius 1 is 1.50 bits per heavy atom. The second kappa shape index (κ2) is 5.85. The fraction of sp³-hybridized carbons (Fsp3) is 0.300. The van der Waals surface area contributed by atoms with Crippen molar-refractivity contribution in [2.24, 2.45) is 0 Å². The molecule has 1 aromatic rings. The molecule has 0 aliphatic carbocycles. The molecule has 1 amide bonds. The third-order valence-electron chi connectivity index (χ3n) is 1.88. The van der Waals surface area contributed by atoms with Gasteiger partial charge in [-0.2, -0.15) is 13.2 Å². The van der Waals surface area contributed by atoms with E-state index in [0.717, 1.165) is 0 Å². The van der Waals surface area contributed by atoms with Crippen LogP contribution < -0.4 is 15.8 Å². The molecule has 100 valence electrons. The van der Waals surface area contributed by atoms with Gasteiger partial charge in [-0.1, -0.05) is 0 Å². The summed E-state index contributed by atoms with van der Waals surface area (Å²) < 4.78 is 40.5. The number of rotatable bonds is 4. The van der Waals surface area contributed by atoms with Crippen molar-refractivity contribution in [3.05, 3.63) is 18.2 Å². The first-order chi connectivity index (χ1) is 8.31. The third-order valence-corrected chi connectivity index (χ3v) is 2.61. The number of ether oxygens (including phenoxy) is 1. The van der Waals surface area contributed by atoms with Gasteiger partial charge in [0.1, 0.15) is 5.75 Å². The van der Waals surface area contributed by atoms with Crippen LogP contribution in [-0.2, 0) is 4.79 Å². The van der Waals surface area contributed by atoms with Gasteiger partial charge in [0.15, 0.2) is 0 Å². The molecule has 1 aromatic carbocycles. The number of anilines is 2. The van der Waals surface area contributed by atoms with Crippen LogP contribution in [-0.4, -0.2) is 24.3 Å². The van der Waals surface area contributed by atoms with Crippen molar-refractivity contribution in [2.75, 3.05) is 23.9 Å². The van der Waals surface area contributed by atoms with Crippen molar-refractivity contribution >= 4 is 29.0 Å². The van der Waals surface area contributed by atoms with Gasteiger partial charge < -0.3 is 15.8 Å². The molecular weight excluding hydrogens is 269 g/mol. The summed E-state index contributed by atoms with van der Waals surface area (Å²) in [6.45, 7) is 0. The highest BCUT2D eigenvalue weighted by Crippen LogP contribution is 2.30. The molecule has 3 N–H and O–H groups in total. The second-order valence-electron chi connectivity index (χ2n) is 3.24. The Balaban J connectivity index is 2.57. The molecule has 0 saturated heterocycles. The molecule has 0 aliphatic heterocycles. The molecule has 0 saturated carbocycles. The molecule has 8 heteroatoms. The SMILES string of the molecule is COc1ccc(NC(=O)CSC(F)(F)F)cc1N. The highest BCUT2D eigenvalue weighted by Gasteiger charge is 2.29. The van der Waals surface area contributed by atoms with Crippen LogP contribution in [0.25, 0.3) is 0 Å². The first kappa shape index (κ1) is 14.5. The fourth-order valence-corrected chi connectivity index (χ4v) is 1.52. The minimum absolute atomic E-state index is 0.291. The summed E-state index contributed by atoms with van der Waals surface area (Å²) in [5, 5.41) is 2.31. The number of benzene rings is 1. The standard InChI is InChI=1S/C10H11F3N2O2S/c1-17-8-3-2-6(4-7(8)14)15-9(16)5-18-10(11,12)13/h2-4H,5,14H2,1H3,(H,15,16). The van der Waals surface area contributed by atoms with E-state index in [4.69, 9.17) is 10.5 Å². The number of nitrogen functional groups attached to an aromatic ring is 1. The molecule has 0 unspecified atom stereocenters. The van der Waals surface area contributed by atoms with Gasteiger partial charge in [0.05, 0.1) is 18.6 Å². The quantitative estimate of drug-likeness (QED) is 0.832. The molecule has 0 bridgehead atoms. The van der Waals surface area contributed by atoms with Crippen molar-refractivity contribution in [3.63, 3.8) is 0 Å². The zero-order valence-corrected chi connectivity index (χ0v) is 10.2. The number of nitrogens with two attached hydrogens (primary N) is 1. The molecule has 0 fully saturated rings. The molecule has 0 radical (unpaired) electrons. The van der Waals surface area contributed by atoms with Crippen molar-refractivity contribution in [2.45, 2.75) is 5.51 Å². The number of carbonyl (C=O) groups is 1. The van der Waals surface area contributed by atoms with E-state index in [2.05, 4.69) is 5.32 Å². The van der Waals surface area contributed by atoms with Crippen LogP contribution in [0.1, 0.15) is 0 Å². The molecule has 0 atom stereocenters. The largest absolute Gasteiger partial charge is 0.495 e. The first-order valence-electron chi connectivity index (χ1n) is 4.76. The topological polar surface area (TPSA) is 64.3 Å². The van der Waals surface area contributed by atoms with E-state index < -0.39 is 28.9 Å². The summed E-state index contributed by atoms with van der Waals surface area (Å²) in [7, 11) is 1.43. The number of halogens is 3. The van der Waals surface area contributed by atoms with Gasteiger partial charge in [0.25, 0.3) is 0 Å². The van der Waals surface area contributed by atoms with Crippen LogP contribution in [0.2, 0.25) is 0 Å². The average molecular weight is 280 g/mol. The van der Waals surface area contributed by atoms with Gasteiger partial charge in [-0.15, -0.1) is 0 Å². The Labute approximate surface area is 106 Å². The van der Waals surface area contributed by atoms with Crippen LogP contribution in [0.4, 0.5) is 24.5 Å². The lowest BCUT2D eigenvalue weighted by Gasteiger charge is -2.09. The van der Waals surface area contributed by atoms with E-state index in [0.29, 0.717) is 17.1 Å². The highest BCUT2D eigenvalue weighted by molar-refractivity contribution is 8.00. The maximum absolute atomic E-state index is 11.9. The zero-order chi connectivity index (χ0) is 13.8. The normalized spacial score (nSPS) is 11.1. The van der Waals surface area contributed by atoms with Gasteiger partial charge in [-0.25, -0.2) is 0 Å². The number of nitrogens with one attached hydrogen (secondary N) is 1. The number of methoxy groups -OCH3 is 1. The molecule has 0 spiro atoms. The molecule has 0 aromatic heterocycles. The van der Waals surface area contributed by atoms with Crippen molar-refractivity contribution in [3.8, 4) is 5.75 Å². The number of hydrogen-bond donors (Lipinski definition) is 2. The molecule has 18 heavy (non-hydrogen) atoms. The van der Waals surface area contributed by atoms with E-state index in [1.54, 1.807) is 0 Å². The Morgan fingerprint density at radius 3 is 2.67 bits per heavy atom. The van der Waals surface area contributed by atoms with Crippen molar-refractivity contribution < 1.29 is 22.7 Å². The number of amides is 1. The second-order valence-corrected chi connectivity index (χ2v) is 4.28. The van der Waals surface area contributed by atoms with Crippen molar-refractivity contribution in [1.29, 1.82) is 0 Å². The highest BCUT2D eigenvalue weighted by atomic mass is 32.2. The summed E-state index contributed by atoms with van der Waals surface area (Å²) in [5.74, 6) is -1.02. The van der Waals surface area contributed by atoms with E-state index in [9.17, 15) is 18.0 Å². The van der Waals surface area contributed by atoms with Gasteiger partial charge in [0, 0.05) is 5.69 Å². The monoisotopic (exact) mass is 280 g/mol. The first-order valence-corrected chi connectivity index (χ1v) is 5.74. The Morgan fingerprint density at radius 2 is 2.17 bits per heavy atom. The van der Waals surface area contributed by atoms with E-state index in [-0.39, 0.29) is 0 Å². The van der Waals surface area contributed by atoms with Crippen LogP contribution in [0.5, 0.6) is 5.75 Å². The summed E-state index contributed by atoms with van der Waals surface area (Å²) in [5.41, 5.74) is 1.78. The Bertz CT molecular complexity index is 438. The average Bonchev–Trinajstić information content (AvgIpc) is 2.26. The minimum atomic E-state index is -4.42. The maximum Gasteiger partial charge on any atom is 0.442 e. The predicted molar refractivity (Wildman–Crippen MR) is 64.5 cm³/mol. The van der Waals surface area contributed by atoms with E-state index in [1.165, 1.54) is 25.3 Å². The number of alkyl halides is 3. The number of thioether (sulfide) groups is 1. The van der Waals surface area contributed by atoms with E-state index in [1.807, 2.05) is 0 Å². The molecule has 0 aliphatic rings. The summed E-state index contributed by atoms with van der Waals surface area (Å²) in [6, 6.07) is 4.42. The van der Waals surface area contributed by atoms with Gasteiger partial charge in [-0.3, -0.25) is 4.79 Å². The van der Waals surface area contributed by atoms with Gasteiger partial charge >= 0.3 is 5.51 Å². The molecule has 4 nitrogen and oxygen atoms in total. The summed E-state index contributed by atoms with van der Waals surface area (Å²) in [6.07, 6.45) is 0. The summed E-state index contributed by atoms with van der Waals surface area (Å²) >= 11 is -0.395. The van der Waals surface area contributed by atoms with Crippen molar-refractivity contribution in [1.82, 2.24) is 0 Å². The number of hydrogen-bond acceptors (Lipinski definition) is 4. The third kappa shape index (κ3) is 4.74. The van der Waals surface area contributed by atoms with Crippen LogP contribution in [0, 0.1) is 0 Å². The molecule has 0 heterocycles. The fourth-order valence-electron chi connectivity index (χ4n) is 1.16. The van der Waals surface area contributed by atoms with E-state index >= 15 is 0 Å². The lowest BCUT2D eigenvalue weighted by molar-refractivity contribution is -0.114. The van der Waals surface area contributed by atoms with Gasteiger partial charge in [-0.05, 0) is 30.0 Å². The van der Waals surface area contributed by atoms with Crippen LogP contribution >= 0.6 is 11.8 Å². The minimum Gasteiger partial charge on any atom is -0.495 e. The maximum atomic E-state index is 11.9. The smallest absolute Gasteiger partial charge is 0.442 e. The predicted octanol–water partition coefficient (Wildman–Crippen LogP) is 2.47. The molecular formula is C10H11F3N2O2S. The Kier molecular flexibility index (Phi) is 4.71. The summed E-state index contributed by atoms with van der Waals surface area (Å²) in [4.78, 5) is 11.2. The lowest BCUT2D eigenvalue weighted by Crippen LogP contribution is -2.17. The lowest BCUT2D eigenvalue weighted by atomic mass is 10.2. The zero-order valence-electron chi connectivity index (χ0n) is 9.38. The molecule has 1 rings (SSSR count). The number of carbonyl (C=O) groups excluding carboxylic acids is 1. The van der Waals surface area contributed by atoms with Crippen LogP contribution in [0.3, 0.4) is 0 Å². The van der Waals surface area contributed by atoms with Crippen LogP contribution in [0.15, 0.2) is 18.2 Å². The van der Waals surface area contributed by atoms with Gasteiger partial charge in [0.2, 0.25) is 5.91 Å². The Hall–Kier alpha value is -1.57.